The van der Waals surface area contributed by atoms with Gasteiger partial charge in [-0.15, -0.1) is 0 Å². The molecule has 2 rings (SSSR count). The van der Waals surface area contributed by atoms with Crippen LogP contribution in [0.4, 0.5) is 11.6 Å². The van der Waals surface area contributed by atoms with Crippen LogP contribution in [-0.2, 0) is 0 Å². The van der Waals surface area contributed by atoms with E-state index >= 15 is 0 Å². The molecule has 0 spiro atoms. The summed E-state index contributed by atoms with van der Waals surface area (Å²) >= 11 is 0. The number of nitrogens with one attached hydrogen (secondary N) is 1. The molecule has 1 aromatic heterocycles. The fourth-order valence-corrected chi connectivity index (χ4v) is 1.78. The molecule has 4 nitrogen and oxygen atoms in total. The van der Waals surface area contributed by atoms with E-state index in [0.29, 0.717) is 17.6 Å². The molecule has 0 atom stereocenters. The lowest BCUT2D eigenvalue weighted by Gasteiger charge is -2.08. The van der Waals surface area contributed by atoms with E-state index in [1.807, 2.05) is 45.0 Å². The SMILES string of the molecule is C=Cc1ccc(Nc2nc(C)nc(C)n2)cc1C. The first-order chi connectivity index (χ1) is 8.58. The van der Waals surface area contributed by atoms with Gasteiger partial charge in [0, 0.05) is 5.69 Å². The second-order valence-electron chi connectivity index (χ2n) is 4.15. The van der Waals surface area contributed by atoms with Gasteiger partial charge in [0.15, 0.2) is 0 Å². The topological polar surface area (TPSA) is 50.7 Å². The van der Waals surface area contributed by atoms with Crippen molar-refractivity contribution in [3.8, 4) is 0 Å². The van der Waals surface area contributed by atoms with Crippen molar-refractivity contribution in [3.05, 3.63) is 47.6 Å². The summed E-state index contributed by atoms with van der Waals surface area (Å²) in [7, 11) is 0. The maximum Gasteiger partial charge on any atom is 0.230 e. The molecule has 0 aliphatic rings. The molecule has 1 N–H and O–H groups in total. The van der Waals surface area contributed by atoms with Gasteiger partial charge in [-0.05, 0) is 44.0 Å². The number of aryl methyl sites for hydroxylation is 3. The highest BCUT2D eigenvalue weighted by molar-refractivity contribution is 5.61. The monoisotopic (exact) mass is 240 g/mol. The van der Waals surface area contributed by atoms with Gasteiger partial charge in [0.25, 0.3) is 0 Å². The standard InChI is InChI=1S/C14H16N4/c1-5-12-6-7-13(8-9(12)2)18-14-16-10(3)15-11(4)17-14/h5-8H,1H2,2-4H3,(H,15,16,17,18). The van der Waals surface area contributed by atoms with Crippen molar-refractivity contribution < 1.29 is 0 Å². The van der Waals surface area contributed by atoms with E-state index in [-0.39, 0.29) is 0 Å². The van der Waals surface area contributed by atoms with Crippen LogP contribution in [0.1, 0.15) is 22.8 Å². The maximum atomic E-state index is 4.25. The van der Waals surface area contributed by atoms with E-state index in [4.69, 9.17) is 0 Å². The molecule has 0 saturated carbocycles. The molecular formula is C14H16N4. The van der Waals surface area contributed by atoms with Crippen LogP contribution in [0.3, 0.4) is 0 Å². The Balaban J connectivity index is 2.28. The lowest BCUT2D eigenvalue weighted by atomic mass is 10.1. The van der Waals surface area contributed by atoms with Gasteiger partial charge in [-0.2, -0.15) is 9.97 Å². The van der Waals surface area contributed by atoms with Crippen LogP contribution < -0.4 is 5.32 Å². The Morgan fingerprint density at radius 1 is 1.06 bits per heavy atom. The molecule has 1 heterocycles. The molecule has 0 fully saturated rings. The van der Waals surface area contributed by atoms with Gasteiger partial charge in [-0.1, -0.05) is 18.7 Å². The molecule has 0 aliphatic heterocycles. The Kier molecular flexibility index (Phi) is 3.37. The minimum absolute atomic E-state index is 0.575. The van der Waals surface area contributed by atoms with E-state index < -0.39 is 0 Å². The second kappa shape index (κ2) is 4.96. The molecule has 18 heavy (non-hydrogen) atoms. The Morgan fingerprint density at radius 3 is 2.28 bits per heavy atom. The lowest BCUT2D eigenvalue weighted by Crippen LogP contribution is -2.03. The van der Waals surface area contributed by atoms with Gasteiger partial charge in [-0.3, -0.25) is 0 Å². The molecule has 0 aliphatic carbocycles. The first-order valence-corrected chi connectivity index (χ1v) is 5.78. The van der Waals surface area contributed by atoms with Crippen molar-refractivity contribution >= 4 is 17.7 Å². The number of hydrogen-bond donors (Lipinski definition) is 1. The van der Waals surface area contributed by atoms with Crippen LogP contribution in [0, 0.1) is 20.8 Å². The van der Waals surface area contributed by atoms with Crippen molar-refractivity contribution in [3.63, 3.8) is 0 Å². The van der Waals surface area contributed by atoms with Crippen molar-refractivity contribution in [2.75, 3.05) is 5.32 Å². The third-order valence-corrected chi connectivity index (χ3v) is 2.60. The van der Waals surface area contributed by atoms with Crippen LogP contribution in [0.2, 0.25) is 0 Å². The van der Waals surface area contributed by atoms with Gasteiger partial charge in [0.2, 0.25) is 5.95 Å². The van der Waals surface area contributed by atoms with E-state index in [9.17, 15) is 0 Å². The van der Waals surface area contributed by atoms with Crippen molar-refractivity contribution in [1.82, 2.24) is 15.0 Å². The lowest BCUT2D eigenvalue weighted by molar-refractivity contribution is 0.928. The minimum Gasteiger partial charge on any atom is -0.324 e. The minimum atomic E-state index is 0.575. The molecule has 0 saturated heterocycles. The van der Waals surface area contributed by atoms with Gasteiger partial charge in [0.05, 0.1) is 0 Å². The second-order valence-corrected chi connectivity index (χ2v) is 4.15. The number of nitrogens with zero attached hydrogens (tertiary/aromatic N) is 3. The molecule has 0 amide bonds. The normalized spacial score (nSPS) is 10.2. The molecule has 0 radical (unpaired) electrons. The summed E-state index contributed by atoms with van der Waals surface area (Å²) in [5.74, 6) is 2.00. The zero-order valence-corrected chi connectivity index (χ0v) is 10.9. The Bertz CT molecular complexity index is 570. The highest BCUT2D eigenvalue weighted by Gasteiger charge is 2.02. The van der Waals surface area contributed by atoms with E-state index in [0.717, 1.165) is 16.8 Å². The summed E-state index contributed by atoms with van der Waals surface area (Å²) in [6.07, 6.45) is 1.84. The van der Waals surface area contributed by atoms with Crippen LogP contribution in [-0.4, -0.2) is 15.0 Å². The van der Waals surface area contributed by atoms with Crippen molar-refractivity contribution in [2.45, 2.75) is 20.8 Å². The first kappa shape index (κ1) is 12.2. The molecule has 1 aromatic carbocycles. The summed E-state index contributed by atoms with van der Waals surface area (Å²) in [5, 5.41) is 3.18. The predicted octanol–water partition coefficient (Wildman–Crippen LogP) is 3.18. The zero-order chi connectivity index (χ0) is 13.1. The van der Waals surface area contributed by atoms with Crippen LogP contribution in [0.5, 0.6) is 0 Å². The van der Waals surface area contributed by atoms with Crippen LogP contribution >= 0.6 is 0 Å². The van der Waals surface area contributed by atoms with E-state index in [1.165, 1.54) is 0 Å². The average molecular weight is 240 g/mol. The Hall–Kier alpha value is -2.23. The molecule has 0 unspecified atom stereocenters. The van der Waals surface area contributed by atoms with Crippen molar-refractivity contribution in [2.24, 2.45) is 0 Å². The fraction of sp³-hybridized carbons (Fsp3) is 0.214. The molecular weight excluding hydrogens is 224 g/mol. The molecule has 92 valence electrons. The predicted molar refractivity (Wildman–Crippen MR) is 73.9 cm³/mol. The smallest absolute Gasteiger partial charge is 0.230 e. The van der Waals surface area contributed by atoms with Crippen LogP contribution in [0.25, 0.3) is 6.08 Å². The summed E-state index contributed by atoms with van der Waals surface area (Å²) in [4.78, 5) is 12.6. The van der Waals surface area contributed by atoms with Crippen molar-refractivity contribution in [1.29, 1.82) is 0 Å². The van der Waals surface area contributed by atoms with Gasteiger partial charge >= 0.3 is 0 Å². The fourth-order valence-electron chi connectivity index (χ4n) is 1.78. The highest BCUT2D eigenvalue weighted by Crippen LogP contribution is 2.18. The number of anilines is 2. The summed E-state index contributed by atoms with van der Waals surface area (Å²) in [5.41, 5.74) is 3.25. The third-order valence-electron chi connectivity index (χ3n) is 2.60. The number of rotatable bonds is 3. The number of aromatic nitrogens is 3. The first-order valence-electron chi connectivity index (χ1n) is 5.78. The number of benzene rings is 1. The Labute approximate surface area is 107 Å². The number of hydrogen-bond acceptors (Lipinski definition) is 4. The highest BCUT2D eigenvalue weighted by atomic mass is 15.2. The van der Waals surface area contributed by atoms with Gasteiger partial charge in [-0.25, -0.2) is 4.98 Å². The quantitative estimate of drug-likeness (QED) is 0.895. The zero-order valence-electron chi connectivity index (χ0n) is 10.9. The van der Waals surface area contributed by atoms with E-state index in [2.05, 4.69) is 26.8 Å². The summed E-state index contributed by atoms with van der Waals surface area (Å²) in [6, 6.07) is 6.05. The summed E-state index contributed by atoms with van der Waals surface area (Å²) < 4.78 is 0. The molecule has 2 aromatic rings. The summed E-state index contributed by atoms with van der Waals surface area (Å²) in [6.45, 7) is 9.53. The maximum absolute atomic E-state index is 4.25. The van der Waals surface area contributed by atoms with Gasteiger partial charge in [0.1, 0.15) is 11.6 Å². The third kappa shape index (κ3) is 2.71. The van der Waals surface area contributed by atoms with E-state index in [1.54, 1.807) is 0 Å². The largest absolute Gasteiger partial charge is 0.324 e. The van der Waals surface area contributed by atoms with Crippen LogP contribution in [0.15, 0.2) is 24.8 Å². The van der Waals surface area contributed by atoms with Gasteiger partial charge < -0.3 is 5.32 Å². The Morgan fingerprint density at radius 2 is 1.72 bits per heavy atom. The average Bonchev–Trinajstić information content (AvgIpc) is 2.27. The molecule has 4 heteroatoms. The molecule has 0 bridgehead atoms.